The largest absolute Gasteiger partial charge is 0.464 e. The van der Waals surface area contributed by atoms with Crippen LogP contribution < -0.4 is 5.48 Å². The van der Waals surface area contributed by atoms with E-state index < -0.39 is 17.5 Å². The zero-order valence-electron chi connectivity index (χ0n) is 12.5. The number of hydrogen-bond donors (Lipinski definition) is 1. The van der Waals surface area contributed by atoms with Gasteiger partial charge in [0.2, 0.25) is 11.3 Å². The van der Waals surface area contributed by atoms with Crippen LogP contribution in [0.1, 0.15) is 31.4 Å². The van der Waals surface area contributed by atoms with Crippen molar-refractivity contribution in [3.63, 3.8) is 0 Å². The van der Waals surface area contributed by atoms with Crippen LogP contribution in [-0.4, -0.2) is 37.4 Å². The molecule has 120 valence electrons. The molecule has 2 rings (SSSR count). The van der Waals surface area contributed by atoms with Gasteiger partial charge in [-0.05, 0) is 37.8 Å². The van der Waals surface area contributed by atoms with Gasteiger partial charge >= 0.3 is 5.97 Å². The minimum Gasteiger partial charge on any atom is -0.464 e. The highest BCUT2D eigenvalue weighted by Crippen LogP contribution is 2.34. The maximum atomic E-state index is 12.1. The molecule has 1 aliphatic rings. The van der Waals surface area contributed by atoms with Crippen molar-refractivity contribution in [1.82, 2.24) is 5.48 Å². The molecule has 0 aromatic carbocycles. The number of amides is 1. The molecule has 8 heteroatoms. The molecule has 0 radical (unpaired) electrons. The van der Waals surface area contributed by atoms with Gasteiger partial charge in [0.05, 0.1) is 20.5 Å². The Hall–Kier alpha value is -2.35. The van der Waals surface area contributed by atoms with E-state index in [1.807, 2.05) is 0 Å². The average molecular weight is 310 g/mol. The van der Waals surface area contributed by atoms with Crippen molar-refractivity contribution in [1.29, 1.82) is 0 Å². The quantitative estimate of drug-likeness (QED) is 0.481. The van der Waals surface area contributed by atoms with Gasteiger partial charge in [-0.1, -0.05) is 5.16 Å². The Balaban J connectivity index is 2.24. The van der Waals surface area contributed by atoms with Crippen molar-refractivity contribution in [2.24, 2.45) is 5.16 Å². The minimum atomic E-state index is -1.15. The molecule has 1 aliphatic carbocycles. The van der Waals surface area contributed by atoms with Crippen molar-refractivity contribution in [2.75, 3.05) is 14.2 Å². The number of hydrogen-bond acceptors (Lipinski definition) is 7. The molecule has 1 saturated carbocycles. The van der Waals surface area contributed by atoms with E-state index in [0.29, 0.717) is 12.8 Å². The fraction of sp³-hybridized carbons (Fsp3) is 0.500. The molecule has 1 heterocycles. The van der Waals surface area contributed by atoms with Crippen molar-refractivity contribution < 1.29 is 28.4 Å². The van der Waals surface area contributed by atoms with E-state index in [-0.39, 0.29) is 11.5 Å². The lowest BCUT2D eigenvalue weighted by atomic mass is 10.0. The van der Waals surface area contributed by atoms with Crippen LogP contribution in [0, 0.1) is 0 Å². The van der Waals surface area contributed by atoms with E-state index in [0.717, 1.165) is 12.8 Å². The van der Waals surface area contributed by atoms with Crippen molar-refractivity contribution in [3.8, 4) is 0 Å². The number of furan rings is 1. The van der Waals surface area contributed by atoms with Gasteiger partial charge in [-0.25, -0.2) is 10.3 Å². The molecule has 0 unspecified atom stereocenters. The first-order chi connectivity index (χ1) is 10.6. The summed E-state index contributed by atoms with van der Waals surface area (Å²) in [5.41, 5.74) is 0.971. The Bertz CT molecular complexity index is 546. The number of ether oxygens (including phenoxy) is 1. The van der Waals surface area contributed by atoms with Gasteiger partial charge in [-0.2, -0.15) is 0 Å². The van der Waals surface area contributed by atoms with E-state index in [4.69, 9.17) is 9.25 Å². The van der Waals surface area contributed by atoms with Crippen LogP contribution in [-0.2, 0) is 24.0 Å². The second-order valence-electron chi connectivity index (χ2n) is 4.84. The predicted molar refractivity (Wildman–Crippen MR) is 74.7 cm³/mol. The molecule has 8 nitrogen and oxygen atoms in total. The number of nitrogens with one attached hydrogen (secondary N) is 1. The molecule has 1 aromatic rings. The molecule has 0 spiro atoms. The van der Waals surface area contributed by atoms with E-state index in [9.17, 15) is 9.59 Å². The molecule has 0 bridgehead atoms. The number of rotatable bonds is 6. The van der Waals surface area contributed by atoms with Crippen LogP contribution in [0.4, 0.5) is 0 Å². The Morgan fingerprint density at radius 2 is 2.05 bits per heavy atom. The SMILES string of the molecule is CONC(=O)C1(O/N=C(\C(=O)OC)c2ccco2)CCCC1. The van der Waals surface area contributed by atoms with Crippen molar-refractivity contribution in [3.05, 3.63) is 24.2 Å². The third kappa shape index (κ3) is 3.28. The number of carbonyl (C=O) groups excluding carboxylic acids is 2. The van der Waals surface area contributed by atoms with Crippen LogP contribution in [0.15, 0.2) is 28.0 Å². The molecule has 1 aromatic heterocycles. The highest BCUT2D eigenvalue weighted by molar-refractivity contribution is 6.42. The summed E-state index contributed by atoms with van der Waals surface area (Å²) in [5.74, 6) is -0.942. The summed E-state index contributed by atoms with van der Waals surface area (Å²) in [6.07, 6.45) is 4.01. The van der Waals surface area contributed by atoms with Gasteiger partial charge in [-0.15, -0.1) is 0 Å². The van der Waals surface area contributed by atoms with E-state index >= 15 is 0 Å². The summed E-state index contributed by atoms with van der Waals surface area (Å²) >= 11 is 0. The number of methoxy groups -OCH3 is 1. The zero-order valence-corrected chi connectivity index (χ0v) is 12.5. The van der Waals surface area contributed by atoms with Gasteiger partial charge in [0.15, 0.2) is 5.76 Å². The summed E-state index contributed by atoms with van der Waals surface area (Å²) in [6.45, 7) is 0. The summed E-state index contributed by atoms with van der Waals surface area (Å²) < 4.78 is 9.80. The normalized spacial score (nSPS) is 17.1. The number of carbonyl (C=O) groups is 2. The first-order valence-corrected chi connectivity index (χ1v) is 6.85. The molecule has 22 heavy (non-hydrogen) atoms. The average Bonchev–Trinajstić information content (AvgIpc) is 3.19. The van der Waals surface area contributed by atoms with Gasteiger partial charge < -0.3 is 14.0 Å². The summed E-state index contributed by atoms with van der Waals surface area (Å²) in [4.78, 5) is 34.0. The molecule has 0 aliphatic heterocycles. The Morgan fingerprint density at radius 1 is 1.32 bits per heavy atom. The highest BCUT2D eigenvalue weighted by Gasteiger charge is 2.45. The molecule has 0 saturated heterocycles. The maximum Gasteiger partial charge on any atom is 0.364 e. The Morgan fingerprint density at radius 3 is 2.59 bits per heavy atom. The lowest BCUT2D eigenvalue weighted by Crippen LogP contribution is -2.46. The van der Waals surface area contributed by atoms with Crippen molar-refractivity contribution >= 4 is 17.6 Å². The summed E-state index contributed by atoms with van der Waals surface area (Å²) in [5, 5.41) is 3.83. The summed E-state index contributed by atoms with van der Waals surface area (Å²) in [7, 11) is 2.57. The van der Waals surface area contributed by atoms with Crippen LogP contribution in [0.5, 0.6) is 0 Å². The Labute approximate surface area is 127 Å². The number of oxime groups is 1. The van der Waals surface area contributed by atoms with E-state index in [1.165, 1.54) is 20.5 Å². The predicted octanol–water partition coefficient (Wildman–Crippen LogP) is 1.16. The number of esters is 1. The van der Waals surface area contributed by atoms with Crippen LogP contribution in [0.2, 0.25) is 0 Å². The molecule has 1 amide bonds. The molecule has 1 fully saturated rings. The number of nitrogens with zero attached hydrogens (tertiary/aromatic N) is 1. The third-order valence-electron chi connectivity index (χ3n) is 3.46. The second kappa shape index (κ2) is 7.08. The minimum absolute atomic E-state index is 0.135. The van der Waals surface area contributed by atoms with Crippen molar-refractivity contribution in [2.45, 2.75) is 31.3 Å². The first kappa shape index (κ1) is 16.0. The fourth-order valence-electron chi connectivity index (χ4n) is 2.32. The van der Waals surface area contributed by atoms with E-state index in [2.05, 4.69) is 20.2 Å². The molecular formula is C14H18N2O6. The molecule has 1 N–H and O–H groups in total. The maximum absolute atomic E-state index is 12.1. The smallest absolute Gasteiger partial charge is 0.364 e. The third-order valence-corrected chi connectivity index (χ3v) is 3.46. The lowest BCUT2D eigenvalue weighted by molar-refractivity contribution is -0.158. The van der Waals surface area contributed by atoms with Crippen LogP contribution in [0.25, 0.3) is 0 Å². The second-order valence-corrected chi connectivity index (χ2v) is 4.84. The fourth-order valence-corrected chi connectivity index (χ4v) is 2.32. The molecular weight excluding hydrogens is 292 g/mol. The van der Waals surface area contributed by atoms with Gasteiger partial charge in [0, 0.05) is 0 Å². The van der Waals surface area contributed by atoms with Gasteiger partial charge in [0.1, 0.15) is 0 Å². The molecule has 0 atom stereocenters. The lowest BCUT2D eigenvalue weighted by Gasteiger charge is -2.24. The number of hydroxylamine groups is 1. The van der Waals surface area contributed by atoms with E-state index in [1.54, 1.807) is 12.1 Å². The van der Waals surface area contributed by atoms with Gasteiger partial charge in [-0.3, -0.25) is 9.63 Å². The Kier molecular flexibility index (Phi) is 5.16. The summed E-state index contributed by atoms with van der Waals surface area (Å²) in [6, 6.07) is 3.16. The standard InChI is InChI=1S/C14H18N2O6/c1-19-12(17)11(10-6-5-9-21-10)15-22-14(7-3-4-8-14)13(18)16-20-2/h5-6,9H,3-4,7-8H2,1-2H3,(H,16,18)/b15-11-. The van der Waals surface area contributed by atoms with Crippen LogP contribution >= 0.6 is 0 Å². The topological polar surface area (TPSA) is 99.4 Å². The monoisotopic (exact) mass is 310 g/mol. The van der Waals surface area contributed by atoms with Gasteiger partial charge in [0.25, 0.3) is 5.91 Å². The van der Waals surface area contributed by atoms with Crippen LogP contribution in [0.3, 0.4) is 0 Å². The zero-order chi connectivity index (χ0) is 16.0. The highest BCUT2D eigenvalue weighted by atomic mass is 16.7. The first-order valence-electron chi connectivity index (χ1n) is 6.85.